The molecule has 5 aromatic rings. The number of aromatic nitrogens is 2. The molecule has 0 spiro atoms. The van der Waals surface area contributed by atoms with E-state index < -0.39 is 17.9 Å². The fourth-order valence-corrected chi connectivity index (χ4v) is 6.01. The zero-order valence-electron chi connectivity index (χ0n) is 25.4. The molecule has 1 N–H and O–H groups in total. The van der Waals surface area contributed by atoms with E-state index in [1.807, 2.05) is 24.4 Å². The van der Waals surface area contributed by atoms with Gasteiger partial charge in [0.05, 0.1) is 20.8 Å². The van der Waals surface area contributed by atoms with Crippen LogP contribution in [0, 0.1) is 5.82 Å². The topological polar surface area (TPSA) is 123 Å². The summed E-state index contributed by atoms with van der Waals surface area (Å²) >= 11 is 1.44. The Morgan fingerprint density at radius 2 is 1.74 bits per heavy atom. The highest BCUT2D eigenvalue weighted by atomic mass is 32.1. The van der Waals surface area contributed by atoms with E-state index in [-0.39, 0.29) is 24.0 Å². The summed E-state index contributed by atoms with van der Waals surface area (Å²) in [7, 11) is 0. The molecule has 0 atom stereocenters. The summed E-state index contributed by atoms with van der Waals surface area (Å²) < 4.78 is 31.7. The van der Waals surface area contributed by atoms with Gasteiger partial charge in [0, 0.05) is 69.9 Å². The zero-order chi connectivity index (χ0) is 32.8. The zero-order valence-corrected chi connectivity index (χ0v) is 26.2. The first kappa shape index (κ1) is 31.6. The standard InChI is InChI=1S/C34H30FN5O6S/c1-22(41)44-21-32(42)40-15-13-39(14-16-40)20-23-7-9-27(37-19-23)31-18-28-33(47-31)30(11-12-36-28)46-29-10-8-24(17-26(29)35)38-34(43)45-25-5-3-2-4-6-25/h2-12,17-19H,13-16,20-21H2,1H3,(H,38,43). The van der Waals surface area contributed by atoms with E-state index in [4.69, 9.17) is 14.2 Å². The Morgan fingerprint density at radius 3 is 2.47 bits per heavy atom. The fraction of sp³-hybridized carbons (Fsp3) is 0.206. The van der Waals surface area contributed by atoms with Crippen LogP contribution in [0.4, 0.5) is 14.9 Å². The number of para-hydroxylation sites is 1. The fourth-order valence-electron chi connectivity index (χ4n) is 4.97. The van der Waals surface area contributed by atoms with Gasteiger partial charge in [-0.25, -0.2) is 9.18 Å². The van der Waals surface area contributed by atoms with Gasteiger partial charge in [-0.2, -0.15) is 0 Å². The largest absolute Gasteiger partial charge is 0.456 e. The molecule has 4 heterocycles. The molecule has 0 saturated carbocycles. The van der Waals surface area contributed by atoms with Crippen LogP contribution >= 0.6 is 11.3 Å². The van der Waals surface area contributed by atoms with Gasteiger partial charge in [-0.15, -0.1) is 11.3 Å². The van der Waals surface area contributed by atoms with Crippen LogP contribution in [-0.2, 0) is 20.9 Å². The number of anilines is 1. The summed E-state index contributed by atoms with van der Waals surface area (Å²) in [5, 5.41) is 2.51. The molecule has 1 fully saturated rings. The minimum absolute atomic E-state index is 0.00787. The van der Waals surface area contributed by atoms with Crippen LogP contribution in [0.15, 0.2) is 85.2 Å². The van der Waals surface area contributed by atoms with Gasteiger partial charge in [0.2, 0.25) is 0 Å². The van der Waals surface area contributed by atoms with Crippen molar-refractivity contribution in [3.8, 4) is 27.8 Å². The number of halogens is 1. The third-order valence-corrected chi connectivity index (χ3v) is 8.50. The van der Waals surface area contributed by atoms with Crippen LogP contribution in [0.3, 0.4) is 0 Å². The lowest BCUT2D eigenvalue weighted by Crippen LogP contribution is -2.49. The van der Waals surface area contributed by atoms with E-state index in [1.165, 1.54) is 30.4 Å². The second-order valence-electron chi connectivity index (χ2n) is 10.7. The van der Waals surface area contributed by atoms with Gasteiger partial charge >= 0.3 is 12.1 Å². The van der Waals surface area contributed by atoms with Gasteiger partial charge in [0.1, 0.15) is 11.5 Å². The lowest BCUT2D eigenvalue weighted by Gasteiger charge is -2.34. The third-order valence-electron chi connectivity index (χ3n) is 7.34. The molecule has 11 nitrogen and oxygen atoms in total. The molecule has 0 radical (unpaired) electrons. The Morgan fingerprint density at radius 1 is 0.936 bits per heavy atom. The summed E-state index contributed by atoms with van der Waals surface area (Å²) in [4.78, 5) is 49.3. The average Bonchev–Trinajstić information content (AvgIpc) is 3.51. The van der Waals surface area contributed by atoms with Crippen molar-refractivity contribution in [1.82, 2.24) is 19.8 Å². The molecule has 0 aliphatic carbocycles. The van der Waals surface area contributed by atoms with Gasteiger partial charge in [0.15, 0.2) is 18.2 Å². The highest BCUT2D eigenvalue weighted by Crippen LogP contribution is 2.39. The van der Waals surface area contributed by atoms with Crippen molar-refractivity contribution < 1.29 is 33.0 Å². The third kappa shape index (κ3) is 8.07. The number of thiophene rings is 1. The van der Waals surface area contributed by atoms with Crippen LogP contribution in [0.2, 0.25) is 0 Å². The first-order valence-electron chi connectivity index (χ1n) is 14.8. The van der Waals surface area contributed by atoms with Gasteiger partial charge in [0.25, 0.3) is 5.91 Å². The number of nitrogens with zero attached hydrogens (tertiary/aromatic N) is 4. The highest BCUT2D eigenvalue weighted by molar-refractivity contribution is 7.22. The summed E-state index contributed by atoms with van der Waals surface area (Å²) in [5.74, 6) is -0.505. The number of rotatable bonds is 9. The van der Waals surface area contributed by atoms with Crippen LogP contribution < -0.4 is 14.8 Å². The SMILES string of the molecule is CC(=O)OCC(=O)N1CCN(Cc2ccc(-c3cc4nccc(Oc5ccc(NC(=O)Oc6ccccc6)cc5F)c4s3)nc2)CC1. The Bertz CT molecular complexity index is 1890. The minimum atomic E-state index is -0.738. The lowest BCUT2D eigenvalue weighted by atomic mass is 10.2. The van der Waals surface area contributed by atoms with Gasteiger partial charge in [-0.1, -0.05) is 24.3 Å². The molecule has 240 valence electrons. The van der Waals surface area contributed by atoms with Gasteiger partial charge in [-0.05, 0) is 42.0 Å². The van der Waals surface area contributed by atoms with E-state index in [9.17, 15) is 14.4 Å². The second-order valence-corrected chi connectivity index (χ2v) is 11.8. The number of nitrogens with one attached hydrogen (secondary N) is 1. The van der Waals surface area contributed by atoms with E-state index >= 15 is 4.39 Å². The average molecular weight is 656 g/mol. The van der Waals surface area contributed by atoms with Crippen LogP contribution in [0.1, 0.15) is 12.5 Å². The molecule has 0 bridgehead atoms. The van der Waals surface area contributed by atoms with Crippen molar-refractivity contribution in [2.45, 2.75) is 13.5 Å². The lowest BCUT2D eigenvalue weighted by molar-refractivity contribution is -0.151. The first-order valence-corrected chi connectivity index (χ1v) is 15.6. The van der Waals surface area contributed by atoms with Crippen molar-refractivity contribution in [3.63, 3.8) is 0 Å². The monoisotopic (exact) mass is 655 g/mol. The number of esters is 1. The van der Waals surface area contributed by atoms with Crippen LogP contribution in [0.5, 0.6) is 17.2 Å². The molecule has 0 unspecified atom stereocenters. The second kappa shape index (κ2) is 14.4. The maximum atomic E-state index is 15.0. The number of carbonyl (C=O) groups is 3. The van der Waals surface area contributed by atoms with E-state index in [0.29, 0.717) is 49.7 Å². The van der Waals surface area contributed by atoms with E-state index in [1.54, 1.807) is 47.5 Å². The van der Waals surface area contributed by atoms with E-state index in [0.717, 1.165) is 26.9 Å². The molecule has 6 rings (SSSR count). The maximum Gasteiger partial charge on any atom is 0.417 e. The van der Waals surface area contributed by atoms with Crippen molar-refractivity contribution in [3.05, 3.63) is 96.6 Å². The van der Waals surface area contributed by atoms with Gasteiger partial charge in [-0.3, -0.25) is 29.8 Å². The first-order chi connectivity index (χ1) is 22.8. The number of piperazine rings is 1. The predicted molar refractivity (Wildman–Crippen MR) is 174 cm³/mol. The van der Waals surface area contributed by atoms with Crippen molar-refractivity contribution in [2.75, 3.05) is 38.1 Å². The summed E-state index contributed by atoms with van der Waals surface area (Å²) in [6, 6.07) is 20.3. The minimum Gasteiger partial charge on any atom is -0.456 e. The molecule has 2 aromatic carbocycles. The summed E-state index contributed by atoms with van der Waals surface area (Å²) in [6.45, 7) is 4.31. The Balaban J connectivity index is 1.07. The number of hydrogen-bond donors (Lipinski definition) is 1. The quantitative estimate of drug-likeness (QED) is 0.188. The molecule has 1 saturated heterocycles. The van der Waals surface area contributed by atoms with Gasteiger partial charge < -0.3 is 19.1 Å². The molecule has 1 aliphatic rings. The Hall–Kier alpha value is -5.40. The molecular weight excluding hydrogens is 625 g/mol. The highest BCUT2D eigenvalue weighted by Gasteiger charge is 2.22. The molecular formula is C34H30FN5O6S. The molecule has 2 amide bonds. The van der Waals surface area contributed by atoms with Crippen molar-refractivity contribution in [1.29, 1.82) is 0 Å². The number of ether oxygens (including phenoxy) is 3. The summed E-state index contributed by atoms with van der Waals surface area (Å²) in [6.07, 6.45) is 2.70. The maximum absolute atomic E-state index is 15.0. The summed E-state index contributed by atoms with van der Waals surface area (Å²) in [5.41, 5.74) is 2.72. The normalized spacial score (nSPS) is 13.3. The number of fused-ring (bicyclic) bond motifs is 1. The molecule has 3 aromatic heterocycles. The Labute approximate surface area is 273 Å². The number of hydrogen-bond acceptors (Lipinski definition) is 10. The van der Waals surface area contributed by atoms with Crippen molar-refractivity contribution >= 4 is 45.2 Å². The molecule has 1 aliphatic heterocycles. The predicted octanol–water partition coefficient (Wildman–Crippen LogP) is 6.11. The van der Waals surface area contributed by atoms with Crippen LogP contribution in [0.25, 0.3) is 20.8 Å². The van der Waals surface area contributed by atoms with Crippen molar-refractivity contribution in [2.24, 2.45) is 0 Å². The smallest absolute Gasteiger partial charge is 0.417 e. The Kier molecular flexibility index (Phi) is 9.64. The number of benzene rings is 2. The number of amides is 2. The number of carbonyl (C=O) groups excluding carboxylic acids is 3. The molecule has 13 heteroatoms. The molecule has 47 heavy (non-hydrogen) atoms. The van der Waals surface area contributed by atoms with E-state index in [2.05, 4.69) is 20.2 Å². The van der Waals surface area contributed by atoms with Crippen LogP contribution in [-0.4, -0.2) is 70.5 Å². The number of pyridine rings is 2.